The van der Waals surface area contributed by atoms with Crippen LogP contribution in [-0.2, 0) is 17.5 Å². The average molecular weight is 333 g/mol. The molecule has 22 heavy (non-hydrogen) atoms. The monoisotopic (exact) mass is 332 g/mol. The zero-order valence-electron chi connectivity index (χ0n) is 11.4. The highest BCUT2D eigenvalue weighted by Crippen LogP contribution is 2.37. The van der Waals surface area contributed by atoms with Crippen LogP contribution in [0.25, 0.3) is 11.0 Å². The van der Waals surface area contributed by atoms with Gasteiger partial charge in [0.05, 0.1) is 10.9 Å². The summed E-state index contributed by atoms with van der Waals surface area (Å²) in [4.78, 5) is 20.7. The second kappa shape index (κ2) is 5.42. The van der Waals surface area contributed by atoms with Crippen LogP contribution in [0.2, 0.25) is 5.15 Å². The van der Waals surface area contributed by atoms with Crippen molar-refractivity contribution in [2.24, 2.45) is 0 Å². The minimum atomic E-state index is -4.54. The molecule has 1 aliphatic rings. The predicted octanol–water partition coefficient (Wildman–Crippen LogP) is 2.73. The number of hydrogen-bond donors (Lipinski definition) is 0. The molecule has 1 amide bonds. The first-order valence-electron chi connectivity index (χ1n) is 6.72. The van der Waals surface area contributed by atoms with Crippen molar-refractivity contribution in [2.45, 2.75) is 25.6 Å². The van der Waals surface area contributed by atoms with Crippen LogP contribution in [0.5, 0.6) is 0 Å². The van der Waals surface area contributed by atoms with E-state index in [1.54, 1.807) is 4.90 Å². The Morgan fingerprint density at radius 3 is 2.68 bits per heavy atom. The van der Waals surface area contributed by atoms with Crippen LogP contribution in [0.15, 0.2) is 12.5 Å². The van der Waals surface area contributed by atoms with E-state index in [0.717, 1.165) is 18.9 Å². The van der Waals surface area contributed by atoms with Gasteiger partial charge in [-0.2, -0.15) is 13.2 Å². The van der Waals surface area contributed by atoms with E-state index < -0.39 is 11.7 Å². The summed E-state index contributed by atoms with van der Waals surface area (Å²) in [7, 11) is 0. The molecular weight excluding hydrogens is 321 g/mol. The normalized spacial score (nSPS) is 16.0. The standard InChI is InChI=1S/C13H12ClF3N4O/c14-11-10-8(13(15,16)17)6-21(12(10)19-7-18-11)5-4-20-3-1-2-9(20)22/h6-7H,1-5H2. The third kappa shape index (κ3) is 2.63. The van der Waals surface area contributed by atoms with Crippen LogP contribution in [-0.4, -0.2) is 38.4 Å². The summed E-state index contributed by atoms with van der Waals surface area (Å²) < 4.78 is 40.7. The molecule has 0 radical (unpaired) electrons. The van der Waals surface area contributed by atoms with Gasteiger partial charge >= 0.3 is 6.18 Å². The van der Waals surface area contributed by atoms with Crippen molar-refractivity contribution in [3.05, 3.63) is 23.2 Å². The molecule has 2 aromatic heterocycles. The van der Waals surface area contributed by atoms with Crippen molar-refractivity contribution in [3.8, 4) is 0 Å². The topological polar surface area (TPSA) is 51.0 Å². The van der Waals surface area contributed by atoms with Crippen molar-refractivity contribution in [2.75, 3.05) is 13.1 Å². The number of amides is 1. The number of halogens is 4. The summed E-state index contributed by atoms with van der Waals surface area (Å²) >= 11 is 5.80. The maximum atomic E-state index is 13.1. The largest absolute Gasteiger partial charge is 0.418 e. The molecule has 1 aliphatic heterocycles. The SMILES string of the molecule is O=C1CCCN1CCn1cc(C(F)(F)F)c2c(Cl)ncnc21. The van der Waals surface area contributed by atoms with Crippen LogP contribution in [0.4, 0.5) is 13.2 Å². The number of likely N-dealkylation sites (tertiary alicyclic amines) is 1. The first-order chi connectivity index (χ1) is 10.4. The van der Waals surface area contributed by atoms with Crippen molar-refractivity contribution >= 4 is 28.5 Å². The molecule has 0 atom stereocenters. The van der Waals surface area contributed by atoms with Crippen LogP contribution in [0, 0.1) is 0 Å². The van der Waals surface area contributed by atoms with Gasteiger partial charge in [0.25, 0.3) is 0 Å². The van der Waals surface area contributed by atoms with E-state index in [4.69, 9.17) is 11.6 Å². The molecule has 0 aromatic carbocycles. The molecule has 2 aromatic rings. The van der Waals surface area contributed by atoms with Gasteiger partial charge < -0.3 is 9.47 Å². The van der Waals surface area contributed by atoms with Gasteiger partial charge in [0.2, 0.25) is 5.91 Å². The van der Waals surface area contributed by atoms with E-state index in [2.05, 4.69) is 9.97 Å². The second-order valence-corrected chi connectivity index (χ2v) is 5.44. The quantitative estimate of drug-likeness (QED) is 0.812. The van der Waals surface area contributed by atoms with Crippen molar-refractivity contribution in [1.82, 2.24) is 19.4 Å². The Morgan fingerprint density at radius 1 is 1.27 bits per heavy atom. The molecule has 1 saturated heterocycles. The zero-order chi connectivity index (χ0) is 15.9. The summed E-state index contributed by atoms with van der Waals surface area (Å²) in [5.74, 6) is 0.0279. The summed E-state index contributed by atoms with van der Waals surface area (Å²) in [6.45, 7) is 1.22. The Balaban J connectivity index is 1.96. The van der Waals surface area contributed by atoms with Gasteiger partial charge in [-0.3, -0.25) is 4.79 Å². The van der Waals surface area contributed by atoms with Gasteiger partial charge in [-0.15, -0.1) is 0 Å². The first-order valence-corrected chi connectivity index (χ1v) is 7.10. The highest BCUT2D eigenvalue weighted by molar-refractivity contribution is 6.34. The molecule has 1 fully saturated rings. The van der Waals surface area contributed by atoms with Gasteiger partial charge in [0.1, 0.15) is 17.1 Å². The smallest absolute Gasteiger partial charge is 0.341 e. The van der Waals surface area contributed by atoms with Gasteiger partial charge in [-0.25, -0.2) is 9.97 Å². The Kier molecular flexibility index (Phi) is 3.72. The van der Waals surface area contributed by atoms with Gasteiger partial charge in [0, 0.05) is 32.3 Å². The fraction of sp³-hybridized carbons (Fsp3) is 0.462. The summed E-state index contributed by atoms with van der Waals surface area (Å²) in [5.41, 5.74) is -0.736. The van der Waals surface area contributed by atoms with E-state index in [9.17, 15) is 18.0 Å². The third-order valence-corrected chi connectivity index (χ3v) is 3.98. The van der Waals surface area contributed by atoms with Gasteiger partial charge in [-0.1, -0.05) is 11.6 Å². The lowest BCUT2D eigenvalue weighted by Crippen LogP contribution is -2.28. The number of nitrogens with zero attached hydrogens (tertiary/aromatic N) is 4. The Hall–Kier alpha value is -1.83. The van der Waals surface area contributed by atoms with Crippen LogP contribution < -0.4 is 0 Å². The van der Waals surface area contributed by atoms with Crippen LogP contribution in [0.1, 0.15) is 18.4 Å². The number of fused-ring (bicyclic) bond motifs is 1. The first kappa shape index (κ1) is 15.1. The predicted molar refractivity (Wildman–Crippen MR) is 73.4 cm³/mol. The summed E-state index contributed by atoms with van der Waals surface area (Å²) in [6, 6.07) is 0. The van der Waals surface area contributed by atoms with Crippen LogP contribution in [0.3, 0.4) is 0 Å². The van der Waals surface area contributed by atoms with E-state index in [0.29, 0.717) is 19.5 Å². The Bertz CT molecular complexity index is 728. The average Bonchev–Trinajstić information content (AvgIpc) is 3.01. The number of carbonyl (C=O) groups is 1. The zero-order valence-corrected chi connectivity index (χ0v) is 12.2. The van der Waals surface area contributed by atoms with E-state index in [1.165, 1.54) is 4.57 Å². The Morgan fingerprint density at radius 2 is 2.05 bits per heavy atom. The molecule has 0 unspecified atom stereocenters. The molecule has 0 saturated carbocycles. The van der Waals surface area contributed by atoms with Crippen LogP contribution >= 0.6 is 11.6 Å². The fourth-order valence-corrected chi connectivity index (χ4v) is 2.87. The third-order valence-electron chi connectivity index (χ3n) is 3.69. The molecule has 9 heteroatoms. The van der Waals surface area contributed by atoms with E-state index in [1.807, 2.05) is 0 Å². The van der Waals surface area contributed by atoms with Crippen molar-refractivity contribution in [3.63, 3.8) is 0 Å². The maximum absolute atomic E-state index is 13.1. The number of aromatic nitrogens is 3. The highest BCUT2D eigenvalue weighted by atomic mass is 35.5. The molecule has 0 bridgehead atoms. The minimum absolute atomic E-state index is 0.0279. The number of hydrogen-bond acceptors (Lipinski definition) is 3. The lowest BCUT2D eigenvalue weighted by atomic mass is 10.2. The summed E-state index contributed by atoms with van der Waals surface area (Å²) in [6.07, 6.45) is -1.16. The van der Waals surface area contributed by atoms with Gasteiger partial charge in [0.15, 0.2) is 0 Å². The Labute approximate surface area is 128 Å². The molecule has 0 N–H and O–H groups in total. The molecule has 3 heterocycles. The lowest BCUT2D eigenvalue weighted by Gasteiger charge is -2.15. The summed E-state index contributed by atoms with van der Waals surface area (Å²) in [5, 5.41) is -0.433. The molecule has 5 nitrogen and oxygen atoms in total. The van der Waals surface area contributed by atoms with Crippen molar-refractivity contribution in [1.29, 1.82) is 0 Å². The van der Waals surface area contributed by atoms with E-state index >= 15 is 0 Å². The number of rotatable bonds is 3. The number of alkyl halides is 3. The molecule has 0 spiro atoms. The molecule has 3 rings (SSSR count). The molecule has 0 aliphatic carbocycles. The van der Waals surface area contributed by atoms with Gasteiger partial charge in [-0.05, 0) is 6.42 Å². The maximum Gasteiger partial charge on any atom is 0.418 e. The fourth-order valence-electron chi connectivity index (χ4n) is 2.64. The lowest BCUT2D eigenvalue weighted by molar-refractivity contribution is -0.136. The second-order valence-electron chi connectivity index (χ2n) is 5.08. The molecule has 118 valence electrons. The number of carbonyl (C=O) groups excluding carboxylic acids is 1. The highest BCUT2D eigenvalue weighted by Gasteiger charge is 2.36. The minimum Gasteiger partial charge on any atom is -0.341 e. The van der Waals surface area contributed by atoms with E-state index in [-0.39, 0.29) is 28.6 Å². The van der Waals surface area contributed by atoms with Crippen molar-refractivity contribution < 1.29 is 18.0 Å². The molecular formula is C13H12ClF3N4O.